The van der Waals surface area contributed by atoms with Gasteiger partial charge in [0.15, 0.2) is 0 Å². The summed E-state index contributed by atoms with van der Waals surface area (Å²) in [6, 6.07) is 2.51. The zero-order valence-electron chi connectivity index (χ0n) is 9.81. The van der Waals surface area contributed by atoms with Gasteiger partial charge in [0.2, 0.25) is 0 Å². The third-order valence-corrected chi connectivity index (χ3v) is 3.80. The molecule has 18 heavy (non-hydrogen) atoms. The van der Waals surface area contributed by atoms with E-state index in [4.69, 9.17) is 23.2 Å². The van der Waals surface area contributed by atoms with Crippen molar-refractivity contribution in [2.24, 2.45) is 0 Å². The molecule has 1 aliphatic rings. The molecule has 98 valence electrons. The molecular formula is C13H14Cl2FNO. The smallest absolute Gasteiger partial charge is 0.253 e. The fourth-order valence-corrected chi connectivity index (χ4v) is 2.68. The maximum Gasteiger partial charge on any atom is 0.253 e. The van der Waals surface area contributed by atoms with Crippen LogP contribution >= 0.6 is 23.2 Å². The van der Waals surface area contributed by atoms with Gasteiger partial charge in [-0.2, -0.15) is 0 Å². The standard InChI is InChI=1S/C13H14Cl2FNO/c14-10-7-11(15)12(16)6-9(10)13(18)17-8-4-2-1-3-5-8/h6-8H,1-5H2,(H,17,18). The topological polar surface area (TPSA) is 29.1 Å². The highest BCUT2D eigenvalue weighted by atomic mass is 35.5. The highest BCUT2D eigenvalue weighted by Crippen LogP contribution is 2.25. The van der Waals surface area contributed by atoms with E-state index in [-0.39, 0.29) is 27.6 Å². The van der Waals surface area contributed by atoms with Crippen LogP contribution in [0.5, 0.6) is 0 Å². The van der Waals surface area contributed by atoms with Crippen LogP contribution in [0, 0.1) is 5.82 Å². The van der Waals surface area contributed by atoms with Crippen LogP contribution < -0.4 is 5.32 Å². The van der Waals surface area contributed by atoms with Gasteiger partial charge in [-0.05, 0) is 25.0 Å². The molecule has 1 saturated carbocycles. The summed E-state index contributed by atoms with van der Waals surface area (Å²) in [5.41, 5.74) is 0.143. The first-order valence-electron chi connectivity index (χ1n) is 6.03. The summed E-state index contributed by atoms with van der Waals surface area (Å²) in [6.45, 7) is 0. The van der Waals surface area contributed by atoms with Gasteiger partial charge in [0.05, 0.1) is 15.6 Å². The van der Waals surface area contributed by atoms with Crippen LogP contribution in [0.25, 0.3) is 0 Å². The Kier molecular flexibility index (Phi) is 4.46. The largest absolute Gasteiger partial charge is 0.349 e. The fraction of sp³-hybridized carbons (Fsp3) is 0.462. The number of nitrogens with one attached hydrogen (secondary N) is 1. The van der Waals surface area contributed by atoms with Gasteiger partial charge in [-0.3, -0.25) is 4.79 Å². The molecule has 0 heterocycles. The average Bonchev–Trinajstić information content (AvgIpc) is 2.35. The van der Waals surface area contributed by atoms with Crippen molar-refractivity contribution in [3.63, 3.8) is 0 Å². The summed E-state index contributed by atoms with van der Waals surface area (Å²) in [6.07, 6.45) is 5.39. The Balaban J connectivity index is 2.10. The third-order valence-electron chi connectivity index (χ3n) is 3.19. The van der Waals surface area contributed by atoms with Crippen molar-refractivity contribution in [1.82, 2.24) is 5.32 Å². The van der Waals surface area contributed by atoms with Crippen molar-refractivity contribution in [1.29, 1.82) is 0 Å². The van der Waals surface area contributed by atoms with Gasteiger partial charge in [-0.25, -0.2) is 4.39 Å². The minimum Gasteiger partial charge on any atom is -0.349 e. The highest BCUT2D eigenvalue weighted by molar-refractivity contribution is 6.36. The Morgan fingerprint density at radius 2 is 1.83 bits per heavy atom. The molecule has 1 fully saturated rings. The van der Waals surface area contributed by atoms with Crippen molar-refractivity contribution in [2.45, 2.75) is 38.1 Å². The van der Waals surface area contributed by atoms with E-state index in [1.165, 1.54) is 12.5 Å². The second-order valence-electron chi connectivity index (χ2n) is 4.55. The van der Waals surface area contributed by atoms with Gasteiger partial charge in [0, 0.05) is 6.04 Å². The molecule has 0 aromatic heterocycles. The zero-order chi connectivity index (χ0) is 13.1. The Morgan fingerprint density at radius 1 is 1.17 bits per heavy atom. The summed E-state index contributed by atoms with van der Waals surface area (Å²) >= 11 is 11.5. The molecule has 2 rings (SSSR count). The molecule has 1 aliphatic carbocycles. The SMILES string of the molecule is O=C(NC1CCCCC1)c1cc(F)c(Cl)cc1Cl. The molecule has 0 radical (unpaired) electrons. The summed E-state index contributed by atoms with van der Waals surface area (Å²) in [4.78, 5) is 12.0. The van der Waals surface area contributed by atoms with Crippen LogP contribution in [0.2, 0.25) is 10.0 Å². The van der Waals surface area contributed by atoms with Gasteiger partial charge in [-0.15, -0.1) is 0 Å². The summed E-state index contributed by atoms with van der Waals surface area (Å²) in [7, 11) is 0. The second-order valence-corrected chi connectivity index (χ2v) is 5.37. The van der Waals surface area contributed by atoms with Crippen LogP contribution in [0.3, 0.4) is 0 Å². The van der Waals surface area contributed by atoms with Crippen LogP contribution in [0.15, 0.2) is 12.1 Å². The van der Waals surface area contributed by atoms with Crippen molar-refractivity contribution in [2.75, 3.05) is 0 Å². The monoisotopic (exact) mass is 289 g/mol. The predicted octanol–water partition coefficient (Wildman–Crippen LogP) is 4.20. The number of carbonyl (C=O) groups is 1. The highest BCUT2D eigenvalue weighted by Gasteiger charge is 2.19. The lowest BCUT2D eigenvalue weighted by atomic mass is 9.95. The van der Waals surface area contributed by atoms with Crippen molar-refractivity contribution < 1.29 is 9.18 Å². The number of hydrogen-bond donors (Lipinski definition) is 1. The van der Waals surface area contributed by atoms with E-state index in [1.54, 1.807) is 0 Å². The lowest BCUT2D eigenvalue weighted by Crippen LogP contribution is -2.36. The van der Waals surface area contributed by atoms with E-state index in [0.717, 1.165) is 31.7 Å². The predicted molar refractivity (Wildman–Crippen MR) is 70.8 cm³/mol. The molecule has 0 saturated heterocycles. The number of rotatable bonds is 2. The van der Waals surface area contributed by atoms with Gasteiger partial charge in [0.25, 0.3) is 5.91 Å². The number of halogens is 3. The van der Waals surface area contributed by atoms with Crippen LogP contribution in [0.4, 0.5) is 4.39 Å². The maximum atomic E-state index is 13.3. The minimum atomic E-state index is -0.630. The molecule has 0 unspecified atom stereocenters. The van der Waals surface area contributed by atoms with E-state index < -0.39 is 5.82 Å². The molecule has 0 atom stereocenters. The van der Waals surface area contributed by atoms with Crippen LogP contribution in [-0.2, 0) is 0 Å². The lowest BCUT2D eigenvalue weighted by Gasteiger charge is -2.23. The van der Waals surface area contributed by atoms with Crippen molar-refractivity contribution >= 4 is 29.1 Å². The third kappa shape index (κ3) is 3.15. The summed E-state index contributed by atoms with van der Waals surface area (Å²) in [5, 5.41) is 2.99. The molecule has 0 bridgehead atoms. The van der Waals surface area contributed by atoms with Crippen LogP contribution in [0.1, 0.15) is 42.5 Å². The second kappa shape index (κ2) is 5.89. The fourth-order valence-electron chi connectivity index (χ4n) is 2.21. The lowest BCUT2D eigenvalue weighted by molar-refractivity contribution is 0.0927. The molecule has 2 nitrogen and oxygen atoms in total. The van der Waals surface area contributed by atoms with E-state index in [0.29, 0.717) is 0 Å². The molecule has 1 aromatic carbocycles. The minimum absolute atomic E-state index is 0.0748. The van der Waals surface area contributed by atoms with E-state index >= 15 is 0 Å². The normalized spacial score (nSPS) is 16.6. The van der Waals surface area contributed by atoms with Crippen molar-refractivity contribution in [3.05, 3.63) is 33.6 Å². The van der Waals surface area contributed by atoms with Crippen LogP contribution in [-0.4, -0.2) is 11.9 Å². The van der Waals surface area contributed by atoms with Gasteiger partial charge in [-0.1, -0.05) is 42.5 Å². The zero-order valence-corrected chi connectivity index (χ0v) is 11.3. The Morgan fingerprint density at radius 3 is 2.50 bits per heavy atom. The summed E-state index contributed by atoms with van der Waals surface area (Å²) in [5.74, 6) is -0.961. The quantitative estimate of drug-likeness (QED) is 0.813. The summed E-state index contributed by atoms with van der Waals surface area (Å²) < 4.78 is 13.3. The van der Waals surface area contributed by atoms with Gasteiger partial charge in [0.1, 0.15) is 5.82 Å². The first-order valence-corrected chi connectivity index (χ1v) is 6.79. The first kappa shape index (κ1) is 13.6. The van der Waals surface area contributed by atoms with Gasteiger partial charge >= 0.3 is 0 Å². The number of hydrogen-bond acceptors (Lipinski definition) is 1. The molecular weight excluding hydrogens is 276 g/mol. The number of amides is 1. The van der Waals surface area contributed by atoms with E-state index in [2.05, 4.69) is 5.32 Å². The molecule has 1 amide bonds. The molecule has 0 aliphatic heterocycles. The van der Waals surface area contributed by atoms with Gasteiger partial charge < -0.3 is 5.32 Å². The van der Waals surface area contributed by atoms with E-state index in [9.17, 15) is 9.18 Å². The molecule has 1 N–H and O–H groups in total. The number of benzene rings is 1. The molecule has 0 spiro atoms. The first-order chi connectivity index (χ1) is 8.58. The van der Waals surface area contributed by atoms with Crippen molar-refractivity contribution in [3.8, 4) is 0 Å². The Labute approximate surface area is 115 Å². The van der Waals surface area contributed by atoms with E-state index in [1.807, 2.05) is 0 Å². The maximum absolute atomic E-state index is 13.3. The Bertz CT molecular complexity index is 459. The average molecular weight is 290 g/mol. The Hall–Kier alpha value is -0.800. The number of carbonyl (C=O) groups excluding carboxylic acids is 1. The molecule has 1 aromatic rings. The molecule has 5 heteroatoms.